The molecule has 0 spiro atoms. The maximum Gasteiger partial charge on any atom is 0.175 e. The zero-order valence-corrected chi connectivity index (χ0v) is 14.8. The molecule has 0 unspecified atom stereocenters. The van der Waals surface area contributed by atoms with Crippen molar-refractivity contribution in [1.29, 1.82) is 0 Å². The van der Waals surface area contributed by atoms with Gasteiger partial charge in [0.15, 0.2) is 11.5 Å². The quantitative estimate of drug-likeness (QED) is 0.813. The highest BCUT2D eigenvalue weighted by Crippen LogP contribution is 2.36. The van der Waals surface area contributed by atoms with Crippen molar-refractivity contribution in [2.24, 2.45) is 5.92 Å². The lowest BCUT2D eigenvalue weighted by Crippen LogP contribution is -2.32. The van der Waals surface area contributed by atoms with Gasteiger partial charge in [-0.25, -0.2) is 0 Å². The molecule has 1 saturated carbocycles. The van der Waals surface area contributed by atoms with Gasteiger partial charge in [-0.05, 0) is 72.2 Å². The maximum atomic E-state index is 5.63. The Morgan fingerprint density at radius 2 is 1.95 bits per heavy atom. The smallest absolute Gasteiger partial charge is 0.175 e. The molecule has 3 nitrogen and oxygen atoms in total. The van der Waals surface area contributed by atoms with Gasteiger partial charge >= 0.3 is 0 Å². The molecule has 2 rings (SSSR count). The number of benzene rings is 1. The largest absolute Gasteiger partial charge is 0.493 e. The Morgan fingerprint density at radius 1 is 1.24 bits per heavy atom. The lowest BCUT2D eigenvalue weighted by molar-refractivity contribution is 0.303. The molecule has 1 N–H and O–H groups in total. The summed E-state index contributed by atoms with van der Waals surface area (Å²) < 4.78 is 12.0. The van der Waals surface area contributed by atoms with Crippen molar-refractivity contribution < 1.29 is 9.47 Å². The minimum atomic E-state index is 0.632. The van der Waals surface area contributed by atoms with Crippen LogP contribution in [0.2, 0.25) is 0 Å². The zero-order chi connectivity index (χ0) is 15.2. The van der Waals surface area contributed by atoms with Crippen molar-refractivity contribution in [2.75, 3.05) is 13.7 Å². The maximum absolute atomic E-state index is 5.63. The summed E-state index contributed by atoms with van der Waals surface area (Å²) in [5, 5.41) is 3.67. The molecule has 0 aromatic heterocycles. The first-order valence-corrected chi connectivity index (χ1v) is 8.66. The number of hydrogen-bond acceptors (Lipinski definition) is 3. The predicted molar refractivity (Wildman–Crippen MR) is 90.1 cm³/mol. The summed E-state index contributed by atoms with van der Waals surface area (Å²) in [7, 11) is 1.68. The van der Waals surface area contributed by atoms with Gasteiger partial charge in [-0.1, -0.05) is 6.92 Å². The van der Waals surface area contributed by atoms with Crippen LogP contribution in [0, 0.1) is 5.92 Å². The number of methoxy groups -OCH3 is 1. The Labute approximate surface area is 136 Å². The number of nitrogens with one attached hydrogen (secondary N) is 1. The first kappa shape index (κ1) is 16.6. The van der Waals surface area contributed by atoms with E-state index in [1.807, 2.05) is 6.92 Å². The van der Waals surface area contributed by atoms with Crippen LogP contribution in [-0.2, 0) is 6.54 Å². The minimum Gasteiger partial charge on any atom is -0.493 e. The fourth-order valence-corrected chi connectivity index (χ4v) is 3.49. The standard InChI is InChI=1S/C17H26BrNO2/c1-4-21-17-15(18)9-13(10-16(17)20-3)11-19-14-7-5-12(2)6-8-14/h9-10,12,14,19H,4-8,11H2,1-3H3. The van der Waals surface area contributed by atoms with Crippen LogP contribution in [-0.4, -0.2) is 19.8 Å². The number of hydrogen-bond donors (Lipinski definition) is 1. The molecule has 1 aliphatic rings. The molecule has 1 fully saturated rings. The Balaban J connectivity index is 1.98. The lowest BCUT2D eigenvalue weighted by Gasteiger charge is -2.27. The van der Waals surface area contributed by atoms with Crippen LogP contribution in [0.15, 0.2) is 16.6 Å². The fourth-order valence-electron chi connectivity index (χ4n) is 2.89. The summed E-state index contributed by atoms with van der Waals surface area (Å²) >= 11 is 3.58. The van der Waals surface area contributed by atoms with E-state index in [9.17, 15) is 0 Å². The van der Waals surface area contributed by atoms with E-state index in [0.29, 0.717) is 12.6 Å². The Morgan fingerprint density at radius 3 is 2.57 bits per heavy atom. The molecule has 1 aromatic carbocycles. The van der Waals surface area contributed by atoms with Gasteiger partial charge in [0.2, 0.25) is 0 Å². The highest BCUT2D eigenvalue weighted by atomic mass is 79.9. The second kappa shape index (κ2) is 8.04. The van der Waals surface area contributed by atoms with E-state index in [-0.39, 0.29) is 0 Å². The van der Waals surface area contributed by atoms with Crippen molar-refractivity contribution in [1.82, 2.24) is 5.32 Å². The van der Waals surface area contributed by atoms with Crippen molar-refractivity contribution in [3.05, 3.63) is 22.2 Å². The highest BCUT2D eigenvalue weighted by Gasteiger charge is 2.18. The van der Waals surface area contributed by atoms with Crippen LogP contribution in [0.1, 0.15) is 45.1 Å². The second-order valence-corrected chi connectivity index (χ2v) is 6.73. The molecule has 0 heterocycles. The van der Waals surface area contributed by atoms with E-state index >= 15 is 0 Å². The van der Waals surface area contributed by atoms with E-state index in [1.165, 1.54) is 31.2 Å². The van der Waals surface area contributed by atoms with Gasteiger partial charge in [-0.15, -0.1) is 0 Å². The second-order valence-electron chi connectivity index (χ2n) is 5.88. The van der Waals surface area contributed by atoms with Gasteiger partial charge in [0.05, 0.1) is 18.2 Å². The molecule has 4 heteroatoms. The number of halogens is 1. The molecule has 0 radical (unpaired) electrons. The summed E-state index contributed by atoms with van der Waals surface area (Å²) in [5.41, 5.74) is 1.22. The summed E-state index contributed by atoms with van der Waals surface area (Å²) in [6.07, 6.45) is 5.26. The molecule has 1 aliphatic carbocycles. The summed E-state index contributed by atoms with van der Waals surface area (Å²) in [4.78, 5) is 0. The predicted octanol–water partition coefficient (Wildman–Crippen LogP) is 4.52. The molecular weight excluding hydrogens is 330 g/mol. The third-order valence-corrected chi connectivity index (χ3v) is 4.78. The van der Waals surface area contributed by atoms with E-state index in [1.54, 1.807) is 7.11 Å². The molecular formula is C17H26BrNO2. The van der Waals surface area contributed by atoms with Crippen molar-refractivity contribution in [3.63, 3.8) is 0 Å². The zero-order valence-electron chi connectivity index (χ0n) is 13.2. The van der Waals surface area contributed by atoms with Gasteiger partial charge in [-0.2, -0.15) is 0 Å². The normalized spacial score (nSPS) is 22.1. The van der Waals surface area contributed by atoms with Crippen LogP contribution in [0.4, 0.5) is 0 Å². The molecule has 118 valence electrons. The van der Waals surface area contributed by atoms with Gasteiger partial charge in [0.1, 0.15) is 0 Å². The molecule has 0 saturated heterocycles. The first-order valence-electron chi connectivity index (χ1n) is 7.86. The van der Waals surface area contributed by atoms with Gasteiger partial charge in [0, 0.05) is 12.6 Å². The van der Waals surface area contributed by atoms with Crippen molar-refractivity contribution >= 4 is 15.9 Å². The van der Waals surface area contributed by atoms with Gasteiger partial charge in [0.25, 0.3) is 0 Å². The SMILES string of the molecule is CCOc1c(Br)cc(CNC2CCC(C)CC2)cc1OC. The Hall–Kier alpha value is -0.740. The lowest BCUT2D eigenvalue weighted by atomic mass is 9.87. The molecule has 1 aromatic rings. The highest BCUT2D eigenvalue weighted by molar-refractivity contribution is 9.10. The molecule has 0 aliphatic heterocycles. The molecule has 0 amide bonds. The Bertz CT molecular complexity index is 456. The van der Waals surface area contributed by atoms with Crippen LogP contribution < -0.4 is 14.8 Å². The average molecular weight is 356 g/mol. The van der Waals surface area contributed by atoms with Crippen LogP contribution in [0.25, 0.3) is 0 Å². The first-order chi connectivity index (χ1) is 10.1. The topological polar surface area (TPSA) is 30.5 Å². The minimum absolute atomic E-state index is 0.632. The summed E-state index contributed by atoms with van der Waals surface area (Å²) in [6.45, 7) is 5.84. The number of ether oxygens (including phenoxy) is 2. The molecule has 0 atom stereocenters. The third kappa shape index (κ3) is 4.62. The van der Waals surface area contributed by atoms with E-state index in [2.05, 4.69) is 40.3 Å². The summed E-state index contributed by atoms with van der Waals surface area (Å²) in [5.74, 6) is 2.47. The van der Waals surface area contributed by atoms with Crippen molar-refractivity contribution in [3.8, 4) is 11.5 Å². The van der Waals surface area contributed by atoms with Gasteiger partial charge in [-0.3, -0.25) is 0 Å². The third-order valence-electron chi connectivity index (χ3n) is 4.19. The average Bonchev–Trinajstić information content (AvgIpc) is 2.49. The molecule has 21 heavy (non-hydrogen) atoms. The van der Waals surface area contributed by atoms with Crippen LogP contribution >= 0.6 is 15.9 Å². The summed E-state index contributed by atoms with van der Waals surface area (Å²) in [6, 6.07) is 4.83. The van der Waals surface area contributed by atoms with Crippen molar-refractivity contribution in [2.45, 2.75) is 52.1 Å². The molecule has 0 bridgehead atoms. The van der Waals surface area contributed by atoms with E-state index < -0.39 is 0 Å². The van der Waals surface area contributed by atoms with E-state index in [4.69, 9.17) is 9.47 Å². The number of rotatable bonds is 6. The fraction of sp³-hybridized carbons (Fsp3) is 0.647. The van der Waals surface area contributed by atoms with E-state index in [0.717, 1.165) is 28.4 Å². The van der Waals surface area contributed by atoms with Crippen LogP contribution in [0.5, 0.6) is 11.5 Å². The monoisotopic (exact) mass is 355 g/mol. The van der Waals surface area contributed by atoms with Crippen LogP contribution in [0.3, 0.4) is 0 Å². The van der Waals surface area contributed by atoms with Gasteiger partial charge < -0.3 is 14.8 Å². The Kier molecular flexibility index (Phi) is 6.37.